The Hall–Kier alpha value is -0.533. The van der Waals surface area contributed by atoms with Crippen LogP contribution >= 0.6 is 11.3 Å². The van der Waals surface area contributed by atoms with Gasteiger partial charge in [-0.2, -0.15) is 6.42 Å². The number of fused-ring (bicyclic) bond motifs is 1. The summed E-state index contributed by atoms with van der Waals surface area (Å²) >= 11 is 1.23. The predicted octanol–water partition coefficient (Wildman–Crippen LogP) is 1.17. The van der Waals surface area contributed by atoms with Gasteiger partial charge in [0.2, 0.25) is 0 Å². The number of hydrogen-bond acceptors (Lipinski definition) is 3. The van der Waals surface area contributed by atoms with Crippen LogP contribution in [0.25, 0.3) is 10.1 Å². The van der Waals surface area contributed by atoms with E-state index in [4.69, 9.17) is 9.84 Å². The van der Waals surface area contributed by atoms with Crippen molar-refractivity contribution in [3.05, 3.63) is 35.8 Å². The van der Waals surface area contributed by atoms with Crippen LogP contribution < -0.4 is 23.6 Å². The Bertz CT molecular complexity index is 497. The molecule has 0 atom stereocenters. The number of thiophene rings is 1. The van der Waals surface area contributed by atoms with E-state index in [-0.39, 0.29) is 31.3 Å². The molecule has 1 aromatic carbocycles. The number of unbranched alkanes of at least 4 members (excludes halogenated alkanes) is 1. The fraction of sp³-hybridized carbons (Fsp3) is 0.357. The quantitative estimate of drug-likeness (QED) is 0.673. The topological polar surface area (TPSA) is 29.5 Å². The summed E-state index contributed by atoms with van der Waals surface area (Å²) in [6, 6.07) is 5.19. The molecule has 1 heterocycles. The van der Waals surface area contributed by atoms with Crippen LogP contribution in [-0.4, -0.2) is 12.2 Å². The Morgan fingerprint density at radius 3 is 2.53 bits per heavy atom. The second kappa shape index (κ2) is 9.38. The van der Waals surface area contributed by atoms with Gasteiger partial charge in [-0.25, -0.2) is 4.39 Å². The zero-order valence-electron chi connectivity index (χ0n) is 11.7. The van der Waals surface area contributed by atoms with Crippen LogP contribution in [0.5, 0.6) is 5.75 Å². The molecule has 0 fully saturated rings. The fourth-order valence-electron chi connectivity index (χ4n) is 1.37. The average Bonchev–Trinajstić information content (AvgIpc) is 2.76. The number of hydrogen-bond donors (Lipinski definition) is 1. The summed E-state index contributed by atoms with van der Waals surface area (Å²) in [5, 5.41) is 9.43. The molecule has 2 aromatic rings. The molecule has 2 nitrogen and oxygen atoms in total. The van der Waals surface area contributed by atoms with Gasteiger partial charge in [0.15, 0.2) is 0 Å². The molecular weight excluding hydrogens is 258 g/mol. The molecule has 2 rings (SSSR count). The fourth-order valence-corrected chi connectivity index (χ4v) is 2.40. The second-order valence-electron chi connectivity index (χ2n) is 3.69. The molecule has 0 radical (unpaired) electrons. The zero-order valence-corrected chi connectivity index (χ0v) is 12.5. The summed E-state index contributed by atoms with van der Waals surface area (Å²) in [6.07, 6.45) is 2.28. The van der Waals surface area contributed by atoms with E-state index in [2.05, 4.69) is 13.8 Å². The van der Waals surface area contributed by atoms with Gasteiger partial charge in [-0.3, -0.25) is 0 Å². The zero-order chi connectivity index (χ0) is 13.5. The summed E-state index contributed by atoms with van der Waals surface area (Å²) in [5.41, 5.74) is 0. The largest absolute Gasteiger partial charge is 1.00 e. The van der Waals surface area contributed by atoms with E-state index in [1.807, 2.05) is 0 Å². The maximum absolute atomic E-state index is 13.5. The van der Waals surface area contributed by atoms with Gasteiger partial charge < -0.3 is 16.8 Å². The van der Waals surface area contributed by atoms with E-state index in [1.54, 1.807) is 25.3 Å². The third-order valence-electron chi connectivity index (χ3n) is 2.40. The van der Waals surface area contributed by atoms with Crippen molar-refractivity contribution in [3.63, 3.8) is 0 Å². The second-order valence-corrected chi connectivity index (χ2v) is 4.79. The normalized spacial score (nSPS) is 9.53. The van der Waals surface area contributed by atoms with Crippen LogP contribution in [0, 0.1) is 12.7 Å². The Balaban J connectivity index is 0.000000576. The summed E-state index contributed by atoms with van der Waals surface area (Å²) < 4.78 is 19.4. The molecule has 0 saturated carbocycles. The SMILES string of the molecule is COc1cccc2c(F)c(CO)sc12.[CH2-]CCC.[Li+]. The molecule has 0 saturated heterocycles. The van der Waals surface area contributed by atoms with Crippen LogP contribution in [0.4, 0.5) is 4.39 Å². The van der Waals surface area contributed by atoms with E-state index in [1.165, 1.54) is 17.8 Å². The number of aliphatic hydroxyl groups excluding tert-OH is 1. The number of benzene rings is 1. The summed E-state index contributed by atoms with van der Waals surface area (Å²) in [6.45, 7) is 5.45. The Labute approximate surface area is 129 Å². The molecule has 0 unspecified atom stereocenters. The molecule has 100 valence electrons. The standard InChI is InChI=1S/C10H9FO2S.C4H9.Li/c1-13-7-4-2-3-6-9(11)8(5-12)14-10(6)7;1-3-4-2;/h2-4,12H,5H2,1H3;1,3-4H2,2H3;/q;-1;+1. The third kappa shape index (κ3) is 4.50. The average molecular weight is 276 g/mol. The number of aliphatic hydroxyl groups is 1. The van der Waals surface area contributed by atoms with Crippen LogP contribution in [0.15, 0.2) is 18.2 Å². The van der Waals surface area contributed by atoms with Gasteiger partial charge in [0.1, 0.15) is 11.6 Å². The van der Waals surface area contributed by atoms with Crippen LogP contribution in [0.3, 0.4) is 0 Å². The van der Waals surface area contributed by atoms with Crippen molar-refractivity contribution in [2.75, 3.05) is 7.11 Å². The van der Waals surface area contributed by atoms with Crippen molar-refractivity contribution in [1.82, 2.24) is 0 Å². The van der Waals surface area contributed by atoms with Crippen molar-refractivity contribution in [2.24, 2.45) is 0 Å². The molecule has 0 amide bonds. The van der Waals surface area contributed by atoms with Crippen molar-refractivity contribution in [2.45, 2.75) is 26.4 Å². The number of ether oxygens (including phenoxy) is 1. The molecule has 0 spiro atoms. The van der Waals surface area contributed by atoms with Gasteiger partial charge in [-0.05, 0) is 6.07 Å². The minimum absolute atomic E-state index is 0. The summed E-state index contributed by atoms with van der Waals surface area (Å²) in [4.78, 5) is 0.351. The van der Waals surface area contributed by atoms with Gasteiger partial charge in [0.25, 0.3) is 0 Å². The van der Waals surface area contributed by atoms with E-state index < -0.39 is 0 Å². The van der Waals surface area contributed by atoms with E-state index in [0.29, 0.717) is 16.0 Å². The van der Waals surface area contributed by atoms with Gasteiger partial charge in [-0.15, -0.1) is 11.3 Å². The third-order valence-corrected chi connectivity index (χ3v) is 3.58. The molecule has 1 aromatic heterocycles. The molecule has 1 N–H and O–H groups in total. The Morgan fingerprint density at radius 1 is 1.42 bits per heavy atom. The first kappa shape index (κ1) is 18.5. The van der Waals surface area contributed by atoms with E-state index in [9.17, 15) is 4.39 Å². The molecule has 5 heteroatoms. The first-order valence-corrected chi connectivity index (χ1v) is 6.65. The number of methoxy groups -OCH3 is 1. The Morgan fingerprint density at radius 2 is 2.05 bits per heavy atom. The molecule has 0 aliphatic rings. The van der Waals surface area contributed by atoms with E-state index >= 15 is 0 Å². The maximum atomic E-state index is 13.5. The van der Waals surface area contributed by atoms with Gasteiger partial charge in [-0.1, -0.05) is 25.5 Å². The van der Waals surface area contributed by atoms with Crippen LogP contribution in [0.2, 0.25) is 0 Å². The van der Waals surface area contributed by atoms with Crippen molar-refractivity contribution in [3.8, 4) is 5.75 Å². The first-order chi connectivity index (χ1) is 8.69. The predicted molar refractivity (Wildman–Crippen MR) is 74.5 cm³/mol. The maximum Gasteiger partial charge on any atom is 1.00 e. The van der Waals surface area contributed by atoms with Crippen molar-refractivity contribution < 1.29 is 33.1 Å². The number of rotatable bonds is 3. The molecule has 19 heavy (non-hydrogen) atoms. The van der Waals surface area contributed by atoms with E-state index in [0.717, 1.165) is 11.1 Å². The summed E-state index contributed by atoms with van der Waals surface area (Å²) in [5.74, 6) is 0.303. The van der Waals surface area contributed by atoms with Crippen LogP contribution in [0.1, 0.15) is 24.6 Å². The molecular formula is C14H18FLiO2S. The van der Waals surface area contributed by atoms with Crippen molar-refractivity contribution in [1.29, 1.82) is 0 Å². The van der Waals surface area contributed by atoms with Gasteiger partial charge in [0.05, 0.1) is 23.3 Å². The van der Waals surface area contributed by atoms with Crippen LogP contribution in [-0.2, 0) is 6.61 Å². The minimum Gasteiger partial charge on any atom is -0.495 e. The Kier molecular flexibility index (Phi) is 9.12. The monoisotopic (exact) mass is 276 g/mol. The van der Waals surface area contributed by atoms with Gasteiger partial charge >= 0.3 is 18.9 Å². The minimum atomic E-state index is -0.341. The van der Waals surface area contributed by atoms with Gasteiger partial charge in [0, 0.05) is 5.39 Å². The molecule has 0 aliphatic heterocycles. The molecule has 0 bridgehead atoms. The van der Waals surface area contributed by atoms with Crippen molar-refractivity contribution >= 4 is 21.4 Å². The summed E-state index contributed by atoms with van der Waals surface area (Å²) in [7, 11) is 1.55. The smallest absolute Gasteiger partial charge is 0.495 e. The first-order valence-electron chi connectivity index (χ1n) is 5.83. The molecule has 0 aliphatic carbocycles. The number of halogens is 1.